The van der Waals surface area contributed by atoms with Gasteiger partial charge in [0.15, 0.2) is 0 Å². The largest absolute Gasteiger partial charge is 0.490 e. The number of anilines is 1. The third kappa shape index (κ3) is 6.66. The maximum atomic E-state index is 10.6. The molecule has 0 spiro atoms. The molecule has 0 atom stereocenters. The minimum Gasteiger partial charge on any atom is -0.475 e. The van der Waals surface area contributed by atoms with Crippen molar-refractivity contribution in [2.24, 2.45) is 0 Å². The van der Waals surface area contributed by atoms with Gasteiger partial charge in [0.05, 0.1) is 0 Å². The van der Waals surface area contributed by atoms with Crippen LogP contribution in [0.2, 0.25) is 0 Å². The predicted molar refractivity (Wildman–Crippen MR) is 52.8 cm³/mol. The van der Waals surface area contributed by atoms with Gasteiger partial charge in [-0.3, -0.25) is 0 Å². The zero-order valence-corrected chi connectivity index (χ0v) is 8.38. The SMILES string of the molecule is CNNc1ccccc1.O=C(O)C(F)(F)F. The Balaban J connectivity index is 0.000000293. The second kappa shape index (κ2) is 6.67. The van der Waals surface area contributed by atoms with Gasteiger partial charge in [-0.15, -0.1) is 0 Å². The van der Waals surface area contributed by atoms with Crippen LogP contribution in [0, 0.1) is 0 Å². The first-order valence-electron chi connectivity index (χ1n) is 4.16. The van der Waals surface area contributed by atoms with Crippen molar-refractivity contribution in [2.45, 2.75) is 6.18 Å². The van der Waals surface area contributed by atoms with Gasteiger partial charge in [0.25, 0.3) is 0 Å². The first-order chi connectivity index (χ1) is 7.38. The second-order valence-corrected chi connectivity index (χ2v) is 2.54. The molecule has 0 aromatic heterocycles. The Bertz CT molecular complexity index is 314. The number of hydrogen-bond donors (Lipinski definition) is 3. The highest BCUT2D eigenvalue weighted by atomic mass is 19.4. The van der Waals surface area contributed by atoms with E-state index in [1.165, 1.54) is 0 Å². The lowest BCUT2D eigenvalue weighted by Gasteiger charge is -2.00. The van der Waals surface area contributed by atoms with E-state index in [1.807, 2.05) is 37.4 Å². The zero-order valence-electron chi connectivity index (χ0n) is 8.38. The molecule has 0 aliphatic heterocycles. The minimum absolute atomic E-state index is 1.08. The molecule has 1 aromatic rings. The summed E-state index contributed by atoms with van der Waals surface area (Å²) in [7, 11) is 1.84. The topological polar surface area (TPSA) is 61.4 Å². The lowest BCUT2D eigenvalue weighted by molar-refractivity contribution is -0.192. The van der Waals surface area contributed by atoms with Crippen molar-refractivity contribution in [3.05, 3.63) is 30.3 Å². The molecule has 0 heterocycles. The van der Waals surface area contributed by atoms with Gasteiger partial charge in [-0.1, -0.05) is 18.2 Å². The van der Waals surface area contributed by atoms with E-state index in [4.69, 9.17) is 9.90 Å². The highest BCUT2D eigenvalue weighted by molar-refractivity contribution is 5.73. The van der Waals surface area contributed by atoms with Crippen LogP contribution in [0.3, 0.4) is 0 Å². The Morgan fingerprint density at radius 2 is 1.69 bits per heavy atom. The number of carboxylic acids is 1. The number of rotatable bonds is 2. The van der Waals surface area contributed by atoms with Crippen molar-refractivity contribution >= 4 is 11.7 Å². The molecule has 0 bridgehead atoms. The van der Waals surface area contributed by atoms with Crippen LogP contribution in [-0.2, 0) is 4.79 Å². The molecule has 0 amide bonds. The number of benzene rings is 1. The molecule has 4 nitrogen and oxygen atoms in total. The van der Waals surface area contributed by atoms with Crippen LogP contribution in [0.1, 0.15) is 0 Å². The molecule has 90 valence electrons. The molecule has 3 N–H and O–H groups in total. The highest BCUT2D eigenvalue weighted by Gasteiger charge is 2.38. The Kier molecular flexibility index (Phi) is 5.94. The van der Waals surface area contributed by atoms with Crippen LogP contribution >= 0.6 is 0 Å². The summed E-state index contributed by atoms with van der Waals surface area (Å²) in [5.41, 5.74) is 6.87. The Hall–Kier alpha value is -1.76. The number of aliphatic carboxylic acids is 1. The molecule has 0 aliphatic carbocycles. The number of carbonyl (C=O) groups is 1. The molecule has 0 saturated heterocycles. The summed E-state index contributed by atoms with van der Waals surface area (Å²) in [6.45, 7) is 0. The first-order valence-corrected chi connectivity index (χ1v) is 4.16. The predicted octanol–water partition coefficient (Wildman–Crippen LogP) is 1.87. The lowest BCUT2D eigenvalue weighted by Crippen LogP contribution is -2.21. The summed E-state index contributed by atoms with van der Waals surface area (Å²) < 4.78 is 31.7. The lowest BCUT2D eigenvalue weighted by atomic mass is 10.3. The molecular formula is C9H11F3N2O2. The fraction of sp³-hybridized carbons (Fsp3) is 0.222. The molecule has 0 aliphatic rings. The van der Waals surface area contributed by atoms with E-state index in [2.05, 4.69) is 10.9 Å². The summed E-state index contributed by atoms with van der Waals surface area (Å²) in [6, 6.07) is 9.95. The summed E-state index contributed by atoms with van der Waals surface area (Å²) in [4.78, 5) is 8.90. The molecule has 0 radical (unpaired) electrons. The van der Waals surface area contributed by atoms with Crippen LogP contribution in [0.25, 0.3) is 0 Å². The van der Waals surface area contributed by atoms with Crippen molar-refractivity contribution in [3.63, 3.8) is 0 Å². The number of hydrogen-bond acceptors (Lipinski definition) is 3. The molecule has 0 saturated carbocycles. The van der Waals surface area contributed by atoms with E-state index in [0.717, 1.165) is 5.69 Å². The Morgan fingerprint density at radius 1 is 1.25 bits per heavy atom. The van der Waals surface area contributed by atoms with Crippen LogP contribution in [0.15, 0.2) is 30.3 Å². The smallest absolute Gasteiger partial charge is 0.475 e. The van der Waals surface area contributed by atoms with Gasteiger partial charge in [0.2, 0.25) is 0 Å². The van der Waals surface area contributed by atoms with Gasteiger partial charge in [0.1, 0.15) is 0 Å². The van der Waals surface area contributed by atoms with Gasteiger partial charge >= 0.3 is 12.1 Å². The first kappa shape index (κ1) is 14.2. The van der Waals surface area contributed by atoms with E-state index in [-0.39, 0.29) is 0 Å². The normalized spacial score (nSPS) is 10.0. The van der Waals surface area contributed by atoms with Gasteiger partial charge in [0, 0.05) is 12.7 Å². The summed E-state index contributed by atoms with van der Waals surface area (Å²) >= 11 is 0. The van der Waals surface area contributed by atoms with Crippen molar-refractivity contribution in [1.82, 2.24) is 5.43 Å². The average molecular weight is 236 g/mol. The fourth-order valence-corrected chi connectivity index (χ4v) is 0.666. The van der Waals surface area contributed by atoms with Crippen LogP contribution in [0.4, 0.5) is 18.9 Å². The Morgan fingerprint density at radius 3 is 2.00 bits per heavy atom. The number of halogens is 3. The number of para-hydroxylation sites is 1. The minimum atomic E-state index is -5.08. The van der Waals surface area contributed by atoms with E-state index in [9.17, 15) is 13.2 Å². The number of hydrazine groups is 1. The molecule has 16 heavy (non-hydrogen) atoms. The number of nitrogens with one attached hydrogen (secondary N) is 2. The number of alkyl halides is 3. The van der Waals surface area contributed by atoms with E-state index in [1.54, 1.807) is 0 Å². The van der Waals surface area contributed by atoms with Gasteiger partial charge in [-0.25, -0.2) is 10.2 Å². The van der Waals surface area contributed by atoms with Crippen LogP contribution in [0.5, 0.6) is 0 Å². The fourth-order valence-electron chi connectivity index (χ4n) is 0.666. The third-order valence-corrected chi connectivity index (χ3v) is 1.29. The van der Waals surface area contributed by atoms with Crippen molar-refractivity contribution < 1.29 is 23.1 Å². The zero-order chi connectivity index (χ0) is 12.6. The van der Waals surface area contributed by atoms with Gasteiger partial charge in [-0.2, -0.15) is 13.2 Å². The summed E-state index contributed by atoms with van der Waals surface area (Å²) in [5.74, 6) is -2.76. The molecular weight excluding hydrogens is 225 g/mol. The Labute approximate surface area is 90.1 Å². The van der Waals surface area contributed by atoms with Crippen LogP contribution < -0.4 is 10.9 Å². The summed E-state index contributed by atoms with van der Waals surface area (Å²) in [5, 5.41) is 7.12. The average Bonchev–Trinajstić information content (AvgIpc) is 2.19. The third-order valence-electron chi connectivity index (χ3n) is 1.29. The van der Waals surface area contributed by atoms with Crippen molar-refractivity contribution in [2.75, 3.05) is 12.5 Å². The van der Waals surface area contributed by atoms with Crippen LogP contribution in [-0.4, -0.2) is 24.3 Å². The number of carboxylic acid groups (broad SMARTS) is 1. The maximum Gasteiger partial charge on any atom is 0.490 e. The van der Waals surface area contributed by atoms with Crippen molar-refractivity contribution in [1.29, 1.82) is 0 Å². The monoisotopic (exact) mass is 236 g/mol. The van der Waals surface area contributed by atoms with E-state index < -0.39 is 12.1 Å². The van der Waals surface area contributed by atoms with E-state index >= 15 is 0 Å². The van der Waals surface area contributed by atoms with Crippen molar-refractivity contribution in [3.8, 4) is 0 Å². The molecule has 1 rings (SSSR count). The van der Waals surface area contributed by atoms with E-state index in [0.29, 0.717) is 0 Å². The molecule has 1 aromatic carbocycles. The standard InChI is InChI=1S/C7H10N2.C2HF3O2/c1-8-9-7-5-3-2-4-6-7;3-2(4,5)1(6)7/h2-6,8-9H,1H3;(H,6,7). The quantitative estimate of drug-likeness (QED) is 0.686. The van der Waals surface area contributed by atoms with Gasteiger partial charge < -0.3 is 10.5 Å². The highest BCUT2D eigenvalue weighted by Crippen LogP contribution is 2.13. The molecule has 0 fully saturated rings. The van der Waals surface area contributed by atoms with Gasteiger partial charge in [-0.05, 0) is 12.1 Å². The molecule has 7 heteroatoms. The maximum absolute atomic E-state index is 10.6. The summed E-state index contributed by atoms with van der Waals surface area (Å²) in [6.07, 6.45) is -5.08. The second-order valence-electron chi connectivity index (χ2n) is 2.54. The molecule has 0 unspecified atom stereocenters.